The van der Waals surface area contributed by atoms with Gasteiger partial charge in [0.15, 0.2) is 5.78 Å². The van der Waals surface area contributed by atoms with Gasteiger partial charge in [0.05, 0.1) is 10.6 Å². The minimum atomic E-state index is -3.30. The number of ketones is 1. The second-order valence-corrected chi connectivity index (χ2v) is 8.54. The van der Waals surface area contributed by atoms with Crippen LogP contribution in [0.4, 0.5) is 0 Å². The monoisotopic (exact) mass is 323 g/mol. The molecule has 0 aromatic heterocycles. The summed E-state index contributed by atoms with van der Waals surface area (Å²) in [5, 5.41) is 0. The Morgan fingerprint density at radius 1 is 1.47 bits per heavy atom. The van der Waals surface area contributed by atoms with Gasteiger partial charge in [-0.2, -0.15) is 0 Å². The average Bonchev–Trinajstić information content (AvgIpc) is 2.55. The lowest BCUT2D eigenvalue weighted by Crippen LogP contribution is -2.42. The number of Topliss-reactive ketones (excluding diaryl/α,β-unsaturated/α-hetero) is 1. The van der Waals surface area contributed by atoms with E-state index < -0.39 is 20.9 Å². The lowest BCUT2D eigenvalue weighted by molar-refractivity contribution is -0.127. The third kappa shape index (κ3) is 1.64. The second-order valence-electron chi connectivity index (χ2n) is 5.62. The van der Waals surface area contributed by atoms with Gasteiger partial charge in [-0.05, 0) is 31.2 Å². The first kappa shape index (κ1) is 13.5. The number of hydrogen-bond donors (Lipinski definition) is 1. The molecule has 4 atom stereocenters. The van der Waals surface area contributed by atoms with E-state index in [1.165, 1.54) is 7.05 Å². The molecule has 98 valence electrons. The Morgan fingerprint density at radius 2 is 2.06 bits per heavy atom. The summed E-state index contributed by atoms with van der Waals surface area (Å²) in [6, 6.07) is 0. The number of sulfonamides is 1. The van der Waals surface area contributed by atoms with E-state index in [4.69, 9.17) is 0 Å². The zero-order chi connectivity index (χ0) is 13.1. The molecule has 2 bridgehead atoms. The molecule has 0 aromatic rings. The van der Waals surface area contributed by atoms with Gasteiger partial charge in [-0.3, -0.25) is 4.79 Å². The largest absolute Gasteiger partial charge is 0.298 e. The molecule has 0 aromatic carbocycles. The standard InChI is InChI=1S/C11H18BrNO3S/c1-10-5-4-7(8(12)9(10)14)11(10,2)6-17(15,16)13-3/h7-8,13H,4-6H2,1-3H3/t7-,8-,10-,11+/m0/s1. The lowest BCUT2D eigenvalue weighted by Gasteiger charge is -2.35. The molecule has 2 aliphatic rings. The summed E-state index contributed by atoms with van der Waals surface area (Å²) in [5.41, 5.74) is -0.962. The van der Waals surface area contributed by atoms with Gasteiger partial charge in [0.25, 0.3) is 0 Å². The van der Waals surface area contributed by atoms with E-state index in [1.807, 2.05) is 13.8 Å². The molecule has 2 aliphatic carbocycles. The maximum Gasteiger partial charge on any atom is 0.211 e. The van der Waals surface area contributed by atoms with Crippen molar-refractivity contribution >= 4 is 31.7 Å². The molecule has 0 amide bonds. The van der Waals surface area contributed by atoms with Crippen molar-refractivity contribution in [2.24, 2.45) is 16.7 Å². The van der Waals surface area contributed by atoms with E-state index >= 15 is 0 Å². The van der Waals surface area contributed by atoms with Gasteiger partial charge in [0.2, 0.25) is 10.0 Å². The Kier molecular flexibility index (Phi) is 3.00. The number of nitrogens with one attached hydrogen (secondary N) is 1. The third-order valence-electron chi connectivity index (χ3n) is 4.98. The van der Waals surface area contributed by atoms with Crippen LogP contribution >= 0.6 is 15.9 Å². The first-order chi connectivity index (χ1) is 7.68. The normalized spacial score (nSPS) is 45.5. The third-order valence-corrected chi connectivity index (χ3v) is 7.64. The highest BCUT2D eigenvalue weighted by molar-refractivity contribution is 9.10. The molecular formula is C11H18BrNO3S. The summed E-state index contributed by atoms with van der Waals surface area (Å²) in [5.74, 6) is 0.330. The maximum atomic E-state index is 12.2. The Morgan fingerprint density at radius 3 is 2.47 bits per heavy atom. The van der Waals surface area contributed by atoms with Crippen molar-refractivity contribution in [2.45, 2.75) is 31.5 Å². The van der Waals surface area contributed by atoms with Crippen molar-refractivity contribution in [1.82, 2.24) is 4.72 Å². The molecule has 4 nitrogen and oxygen atoms in total. The minimum absolute atomic E-state index is 0.0332. The summed E-state index contributed by atoms with van der Waals surface area (Å²) < 4.78 is 25.9. The number of hydrogen-bond acceptors (Lipinski definition) is 3. The van der Waals surface area contributed by atoms with Crippen LogP contribution in [0.2, 0.25) is 0 Å². The zero-order valence-corrected chi connectivity index (χ0v) is 12.7. The van der Waals surface area contributed by atoms with E-state index in [2.05, 4.69) is 20.7 Å². The van der Waals surface area contributed by atoms with Crippen molar-refractivity contribution < 1.29 is 13.2 Å². The molecular weight excluding hydrogens is 306 g/mol. The number of rotatable bonds is 3. The zero-order valence-electron chi connectivity index (χ0n) is 10.3. The fourth-order valence-electron chi connectivity index (χ4n) is 3.55. The van der Waals surface area contributed by atoms with Crippen LogP contribution in [0.3, 0.4) is 0 Å². The van der Waals surface area contributed by atoms with Crippen LogP contribution in [0.15, 0.2) is 0 Å². The number of halogens is 1. The maximum absolute atomic E-state index is 12.2. The summed E-state index contributed by atoms with van der Waals surface area (Å²) in [6.07, 6.45) is 1.72. The summed E-state index contributed by atoms with van der Waals surface area (Å²) in [6.45, 7) is 3.86. The Bertz CT molecular complexity index is 463. The molecule has 2 fully saturated rings. The van der Waals surface area contributed by atoms with Crippen molar-refractivity contribution in [2.75, 3.05) is 12.8 Å². The minimum Gasteiger partial charge on any atom is -0.298 e. The first-order valence-corrected chi connectivity index (χ1v) is 8.34. The van der Waals surface area contributed by atoms with E-state index in [-0.39, 0.29) is 22.3 Å². The van der Waals surface area contributed by atoms with Crippen LogP contribution in [-0.4, -0.2) is 31.8 Å². The molecule has 0 saturated heterocycles. The molecule has 0 spiro atoms. The highest BCUT2D eigenvalue weighted by Crippen LogP contribution is 2.65. The summed E-state index contributed by atoms with van der Waals surface area (Å²) in [4.78, 5) is 12.0. The van der Waals surface area contributed by atoms with E-state index in [1.54, 1.807) is 0 Å². The van der Waals surface area contributed by atoms with Gasteiger partial charge in [-0.15, -0.1) is 0 Å². The van der Waals surface area contributed by atoms with E-state index in [9.17, 15) is 13.2 Å². The SMILES string of the molecule is CNS(=O)(=O)C[C@]1(C)[C@H]2CC[C@@]1(C)C(=O)[C@H]2Br. The van der Waals surface area contributed by atoms with Crippen LogP contribution < -0.4 is 4.72 Å². The number of carbonyl (C=O) groups excluding carboxylic acids is 1. The van der Waals surface area contributed by atoms with E-state index in [0.29, 0.717) is 0 Å². The number of carbonyl (C=O) groups is 1. The number of alkyl halides is 1. The average molecular weight is 324 g/mol. The van der Waals surface area contributed by atoms with E-state index in [0.717, 1.165) is 12.8 Å². The smallest absolute Gasteiger partial charge is 0.211 e. The predicted molar refractivity (Wildman–Crippen MR) is 69.5 cm³/mol. The Labute approximate surface area is 111 Å². The van der Waals surface area contributed by atoms with Crippen LogP contribution in [0.1, 0.15) is 26.7 Å². The van der Waals surface area contributed by atoms with Crippen molar-refractivity contribution in [1.29, 1.82) is 0 Å². The molecule has 0 aliphatic heterocycles. The van der Waals surface area contributed by atoms with Crippen molar-refractivity contribution in [3.05, 3.63) is 0 Å². The van der Waals surface area contributed by atoms with Crippen LogP contribution in [0.5, 0.6) is 0 Å². The molecule has 0 heterocycles. The summed E-state index contributed by atoms with van der Waals surface area (Å²) in [7, 11) is -1.87. The summed E-state index contributed by atoms with van der Waals surface area (Å²) >= 11 is 3.44. The van der Waals surface area contributed by atoms with Crippen LogP contribution in [0, 0.1) is 16.7 Å². The fourth-order valence-corrected chi connectivity index (χ4v) is 6.37. The first-order valence-electron chi connectivity index (χ1n) is 5.77. The van der Waals surface area contributed by atoms with Crippen molar-refractivity contribution in [3.8, 4) is 0 Å². The molecule has 17 heavy (non-hydrogen) atoms. The molecule has 6 heteroatoms. The van der Waals surface area contributed by atoms with Gasteiger partial charge >= 0.3 is 0 Å². The topological polar surface area (TPSA) is 63.2 Å². The second kappa shape index (κ2) is 3.78. The lowest BCUT2D eigenvalue weighted by atomic mass is 9.70. The van der Waals surface area contributed by atoms with Gasteiger partial charge in [0, 0.05) is 5.41 Å². The quantitative estimate of drug-likeness (QED) is 0.796. The molecule has 1 N–H and O–H groups in total. The van der Waals surface area contributed by atoms with Gasteiger partial charge in [-0.25, -0.2) is 13.1 Å². The molecule has 0 unspecified atom stereocenters. The Hall–Kier alpha value is 0.0600. The Balaban J connectivity index is 2.42. The van der Waals surface area contributed by atoms with Crippen LogP contribution in [0.25, 0.3) is 0 Å². The highest BCUT2D eigenvalue weighted by atomic mass is 79.9. The molecule has 2 saturated carbocycles. The molecule has 0 radical (unpaired) electrons. The van der Waals surface area contributed by atoms with Crippen LogP contribution in [-0.2, 0) is 14.8 Å². The molecule has 2 rings (SSSR count). The predicted octanol–water partition coefficient (Wildman–Crippen LogP) is 1.30. The highest BCUT2D eigenvalue weighted by Gasteiger charge is 2.68. The number of fused-ring (bicyclic) bond motifs is 2. The van der Waals surface area contributed by atoms with Gasteiger partial charge in [0.1, 0.15) is 0 Å². The van der Waals surface area contributed by atoms with Gasteiger partial charge in [-0.1, -0.05) is 29.8 Å². The van der Waals surface area contributed by atoms with Gasteiger partial charge < -0.3 is 0 Å². The van der Waals surface area contributed by atoms with Crippen molar-refractivity contribution in [3.63, 3.8) is 0 Å². The fraction of sp³-hybridized carbons (Fsp3) is 0.909.